The third-order valence-electron chi connectivity index (χ3n) is 4.94. The largest absolute Gasteiger partial charge is 0.479 e. The van der Waals surface area contributed by atoms with Crippen molar-refractivity contribution in [1.29, 1.82) is 0 Å². The van der Waals surface area contributed by atoms with Gasteiger partial charge in [-0.25, -0.2) is 9.59 Å². The lowest BCUT2D eigenvalue weighted by molar-refractivity contribution is -0.148. The molecule has 0 radical (unpaired) electrons. The number of carboxylic acids is 1. The lowest BCUT2D eigenvalue weighted by atomic mass is 9.95. The Morgan fingerprint density at radius 2 is 1.71 bits per heavy atom. The molecular weight excluding hydrogens is 326 g/mol. The van der Waals surface area contributed by atoms with Crippen LogP contribution < -0.4 is 5.32 Å². The summed E-state index contributed by atoms with van der Waals surface area (Å²) in [6, 6.07) is 0. The molecular formula is C17H33NO5Si. The molecule has 2 atom stereocenters. The Balaban J connectivity index is 3.03. The third-order valence-corrected chi connectivity index (χ3v) is 9.42. The molecule has 24 heavy (non-hydrogen) atoms. The monoisotopic (exact) mass is 359 g/mol. The zero-order chi connectivity index (χ0) is 19.0. The Hall–Kier alpha value is -1.08. The van der Waals surface area contributed by atoms with Crippen LogP contribution in [0.15, 0.2) is 0 Å². The SMILES string of the molecule is CC(C)(C)OC(=O)NC1(C(=O)O)CCCC1O[Si](C)(C)C(C)(C)C. The Morgan fingerprint density at radius 3 is 2.12 bits per heavy atom. The molecule has 2 unspecified atom stereocenters. The molecule has 1 aliphatic rings. The van der Waals surface area contributed by atoms with E-state index < -0.39 is 37.6 Å². The highest BCUT2D eigenvalue weighted by atomic mass is 28.4. The minimum absolute atomic E-state index is 0.0360. The van der Waals surface area contributed by atoms with Gasteiger partial charge in [-0.2, -0.15) is 0 Å². The third kappa shape index (κ3) is 4.72. The van der Waals surface area contributed by atoms with E-state index in [2.05, 4.69) is 39.2 Å². The number of hydrogen-bond donors (Lipinski definition) is 2. The number of carboxylic acid groups (broad SMARTS) is 1. The molecule has 2 N–H and O–H groups in total. The maximum atomic E-state index is 12.2. The van der Waals surface area contributed by atoms with Crippen molar-refractivity contribution in [2.45, 2.75) is 96.2 Å². The van der Waals surface area contributed by atoms with Crippen LogP contribution in [-0.2, 0) is 14.0 Å². The number of alkyl carbamates (subject to hydrolysis) is 1. The molecule has 0 saturated heterocycles. The number of amides is 1. The minimum Gasteiger partial charge on any atom is -0.479 e. The van der Waals surface area contributed by atoms with Crippen LogP contribution in [-0.4, -0.2) is 42.7 Å². The number of ether oxygens (including phenoxy) is 1. The number of aliphatic carboxylic acids is 1. The van der Waals surface area contributed by atoms with E-state index in [1.165, 1.54) is 0 Å². The fraction of sp³-hybridized carbons (Fsp3) is 0.882. The summed E-state index contributed by atoms with van der Waals surface area (Å²) >= 11 is 0. The van der Waals surface area contributed by atoms with Crippen molar-refractivity contribution in [3.8, 4) is 0 Å². The fourth-order valence-electron chi connectivity index (χ4n) is 2.59. The first-order valence-electron chi connectivity index (χ1n) is 8.53. The van der Waals surface area contributed by atoms with Crippen molar-refractivity contribution in [2.24, 2.45) is 0 Å². The molecule has 1 aliphatic carbocycles. The van der Waals surface area contributed by atoms with E-state index in [0.29, 0.717) is 19.3 Å². The van der Waals surface area contributed by atoms with Crippen molar-refractivity contribution in [1.82, 2.24) is 5.32 Å². The molecule has 0 aromatic heterocycles. The number of rotatable bonds is 4. The normalized spacial score (nSPS) is 25.4. The molecule has 0 heterocycles. The summed E-state index contributed by atoms with van der Waals surface area (Å²) in [6.45, 7) is 15.7. The van der Waals surface area contributed by atoms with Gasteiger partial charge in [-0.3, -0.25) is 0 Å². The second kappa shape index (κ2) is 6.67. The van der Waals surface area contributed by atoms with Gasteiger partial charge in [0.15, 0.2) is 13.9 Å². The second-order valence-corrected chi connectivity index (χ2v) is 13.9. The van der Waals surface area contributed by atoms with Crippen molar-refractivity contribution >= 4 is 20.4 Å². The van der Waals surface area contributed by atoms with Gasteiger partial charge in [0.1, 0.15) is 5.60 Å². The minimum atomic E-state index is -2.16. The summed E-state index contributed by atoms with van der Waals surface area (Å²) in [5, 5.41) is 12.4. The molecule has 0 aliphatic heterocycles. The summed E-state index contributed by atoms with van der Waals surface area (Å²) in [7, 11) is -2.16. The molecule has 140 valence electrons. The number of carbonyl (C=O) groups excluding carboxylic acids is 1. The first kappa shape index (κ1) is 21.0. The Morgan fingerprint density at radius 1 is 1.17 bits per heavy atom. The predicted molar refractivity (Wildman–Crippen MR) is 95.7 cm³/mol. The standard InChI is InChI=1S/C17H33NO5Si/c1-15(2,3)22-14(21)18-17(13(19)20)11-9-10-12(17)23-24(7,8)16(4,5)6/h12H,9-11H2,1-8H3,(H,18,21)(H,19,20). The van der Waals surface area contributed by atoms with Crippen LogP contribution in [0.25, 0.3) is 0 Å². The predicted octanol–water partition coefficient (Wildman–Crippen LogP) is 3.91. The molecule has 0 aromatic rings. The summed E-state index contributed by atoms with van der Waals surface area (Å²) in [6.07, 6.45) is 0.413. The van der Waals surface area contributed by atoms with Gasteiger partial charge in [0.05, 0.1) is 6.10 Å². The molecule has 0 spiro atoms. The molecule has 0 bridgehead atoms. The van der Waals surface area contributed by atoms with E-state index in [1.54, 1.807) is 20.8 Å². The molecule has 7 heteroatoms. The summed E-state index contributed by atoms with van der Waals surface area (Å²) < 4.78 is 11.6. The van der Waals surface area contributed by atoms with Crippen LogP contribution in [0.1, 0.15) is 60.8 Å². The van der Waals surface area contributed by atoms with Crippen LogP contribution in [0.2, 0.25) is 18.1 Å². The van der Waals surface area contributed by atoms with Gasteiger partial charge < -0.3 is 19.6 Å². The molecule has 0 aromatic carbocycles. The quantitative estimate of drug-likeness (QED) is 0.743. The molecule has 6 nitrogen and oxygen atoms in total. The lowest BCUT2D eigenvalue weighted by Crippen LogP contribution is -2.63. The Kier molecular flexibility index (Phi) is 5.83. The smallest absolute Gasteiger partial charge is 0.408 e. The first-order valence-corrected chi connectivity index (χ1v) is 11.4. The van der Waals surface area contributed by atoms with E-state index >= 15 is 0 Å². The molecule has 1 rings (SSSR count). The Labute approximate surface area is 146 Å². The maximum Gasteiger partial charge on any atom is 0.408 e. The van der Waals surface area contributed by atoms with Gasteiger partial charge in [0.25, 0.3) is 0 Å². The maximum absolute atomic E-state index is 12.2. The van der Waals surface area contributed by atoms with Gasteiger partial charge in [0.2, 0.25) is 0 Å². The zero-order valence-corrected chi connectivity index (χ0v) is 17.3. The highest BCUT2D eigenvalue weighted by Gasteiger charge is 2.54. The van der Waals surface area contributed by atoms with Crippen molar-refractivity contribution in [3.05, 3.63) is 0 Å². The number of carbonyl (C=O) groups is 2. The van der Waals surface area contributed by atoms with Gasteiger partial charge in [-0.15, -0.1) is 0 Å². The highest BCUT2D eigenvalue weighted by molar-refractivity contribution is 6.74. The molecule has 1 saturated carbocycles. The van der Waals surface area contributed by atoms with E-state index in [0.717, 1.165) is 0 Å². The highest BCUT2D eigenvalue weighted by Crippen LogP contribution is 2.42. The van der Waals surface area contributed by atoms with Crippen LogP contribution in [0.4, 0.5) is 4.79 Å². The average molecular weight is 360 g/mol. The number of nitrogens with one attached hydrogen (secondary N) is 1. The van der Waals surface area contributed by atoms with Crippen LogP contribution in [0, 0.1) is 0 Å². The first-order chi connectivity index (χ1) is 10.6. The van der Waals surface area contributed by atoms with E-state index in [4.69, 9.17) is 9.16 Å². The molecule has 1 amide bonds. The summed E-state index contributed by atoms with van der Waals surface area (Å²) in [5.74, 6) is -1.06. The number of hydrogen-bond acceptors (Lipinski definition) is 4. The average Bonchev–Trinajstić information content (AvgIpc) is 2.68. The van der Waals surface area contributed by atoms with Gasteiger partial charge >= 0.3 is 12.1 Å². The summed E-state index contributed by atoms with van der Waals surface area (Å²) in [5.41, 5.74) is -2.10. The van der Waals surface area contributed by atoms with Crippen LogP contribution in [0.3, 0.4) is 0 Å². The second-order valence-electron chi connectivity index (χ2n) is 9.16. The van der Waals surface area contributed by atoms with Crippen molar-refractivity contribution < 1.29 is 23.9 Å². The topological polar surface area (TPSA) is 84.9 Å². The zero-order valence-electron chi connectivity index (χ0n) is 16.3. The summed E-state index contributed by atoms with van der Waals surface area (Å²) in [4.78, 5) is 24.2. The van der Waals surface area contributed by atoms with Crippen molar-refractivity contribution in [3.63, 3.8) is 0 Å². The van der Waals surface area contributed by atoms with Crippen LogP contribution in [0.5, 0.6) is 0 Å². The Bertz CT molecular complexity index is 492. The van der Waals surface area contributed by atoms with Crippen molar-refractivity contribution in [2.75, 3.05) is 0 Å². The van der Waals surface area contributed by atoms with E-state index in [9.17, 15) is 14.7 Å². The van der Waals surface area contributed by atoms with Crippen LogP contribution >= 0.6 is 0 Å². The van der Waals surface area contributed by atoms with E-state index in [-0.39, 0.29) is 5.04 Å². The van der Waals surface area contributed by atoms with Gasteiger partial charge in [-0.05, 0) is 58.2 Å². The van der Waals surface area contributed by atoms with Gasteiger partial charge in [0, 0.05) is 0 Å². The van der Waals surface area contributed by atoms with Gasteiger partial charge in [-0.1, -0.05) is 20.8 Å². The van der Waals surface area contributed by atoms with E-state index in [1.807, 2.05) is 0 Å². The lowest BCUT2D eigenvalue weighted by Gasteiger charge is -2.42. The fourth-order valence-corrected chi connectivity index (χ4v) is 3.98. The molecule has 1 fully saturated rings.